The number of nitrogens with one attached hydrogen (secondary N) is 4. The number of hydrogen-bond acceptors (Lipinski definition) is 13. The number of para-hydroxylation sites is 1. The third-order valence-corrected chi connectivity index (χ3v) is 15.7. The fraction of sp³-hybridized carbons (Fsp3) is 0.443. The van der Waals surface area contributed by atoms with Crippen LogP contribution in [0.4, 0.5) is 15.3 Å². The number of alkyl carbamates (subject to hydrolysis) is 1. The fourth-order valence-corrected chi connectivity index (χ4v) is 11.3. The molecule has 2 fully saturated rings. The van der Waals surface area contributed by atoms with Crippen molar-refractivity contribution in [2.24, 2.45) is 11.8 Å². The molecule has 5 aromatic rings. The first-order valence-corrected chi connectivity index (χ1v) is 29.2. The molecule has 2 aliphatic rings. The third-order valence-electron chi connectivity index (χ3n) is 13.8. The van der Waals surface area contributed by atoms with Crippen LogP contribution in [-0.2, 0) is 48.5 Å². The number of ether oxygens (including phenoxy) is 3. The second-order valence-electron chi connectivity index (χ2n) is 21.4. The van der Waals surface area contributed by atoms with Crippen LogP contribution < -0.4 is 31.8 Å². The highest BCUT2D eigenvalue weighted by Gasteiger charge is 2.36. The molecule has 0 bridgehead atoms. The first-order valence-electron chi connectivity index (χ1n) is 27.7. The number of carbonyl (C=O) groups excluding carboxylic acids is 4. The lowest BCUT2D eigenvalue weighted by Gasteiger charge is -2.38. The van der Waals surface area contributed by atoms with Gasteiger partial charge in [-0.2, -0.15) is 44.8 Å². The lowest BCUT2D eigenvalue weighted by molar-refractivity contribution is -0.133. The molecule has 0 aromatic heterocycles. The summed E-state index contributed by atoms with van der Waals surface area (Å²) in [5.41, 5.74) is 13.8. The molecule has 2 saturated heterocycles. The molecule has 5 amide bonds. The van der Waals surface area contributed by atoms with Gasteiger partial charge in [0.2, 0.25) is 10.0 Å². The number of nitrogens with zero attached hydrogens (tertiary/aromatic N) is 3. The van der Waals surface area contributed by atoms with Crippen LogP contribution in [0.15, 0.2) is 138 Å². The largest absolute Gasteiger partial charge is 0.483 e. The SMILES string of the molecule is CC(C)CN(C[C@@H](O)[C@H](Cc1ccccc1)NC(=O)O[C@H]1CCOC1)S(=O)(=O)c1ccc(N)cc1.Cc1cccc(C)c1OCC(=O)N[C@@H](Cc1ccccc1)[C@@H](O)CN(Cc1ccccc1)NC(=O)[C@@H](C(C)C)N1CCCNC1=O.S.S.S. The van der Waals surface area contributed by atoms with E-state index in [1.807, 2.05) is 151 Å². The number of aryl methyl sites for hydroxylation is 2. The van der Waals surface area contributed by atoms with Gasteiger partial charge in [0.25, 0.3) is 11.8 Å². The van der Waals surface area contributed by atoms with Crippen LogP contribution in [-0.4, -0.2) is 146 Å². The van der Waals surface area contributed by atoms with Gasteiger partial charge in [0.05, 0.1) is 42.4 Å². The Balaban J connectivity index is 0.000000440. The Morgan fingerprint density at radius 1 is 0.750 bits per heavy atom. The number of benzene rings is 5. The molecule has 8 N–H and O–H groups in total. The number of nitrogen functional groups attached to an aromatic ring is 1. The van der Waals surface area contributed by atoms with Crippen molar-refractivity contribution in [2.45, 2.75) is 115 Å². The molecule has 6 atom stereocenters. The molecule has 84 heavy (non-hydrogen) atoms. The van der Waals surface area contributed by atoms with E-state index in [4.69, 9.17) is 19.9 Å². The van der Waals surface area contributed by atoms with Crippen LogP contribution in [0.1, 0.15) is 68.4 Å². The minimum absolute atomic E-state index is 0. The number of rotatable bonds is 26. The van der Waals surface area contributed by atoms with Gasteiger partial charge >= 0.3 is 12.1 Å². The molecular weight excluding hydrogens is 1150 g/mol. The third kappa shape index (κ3) is 22.8. The van der Waals surface area contributed by atoms with Gasteiger partial charge in [-0.25, -0.2) is 23.0 Å². The second kappa shape index (κ2) is 36.1. The first-order chi connectivity index (χ1) is 38.8. The number of sulfonamides is 1. The average Bonchev–Trinajstić information content (AvgIpc) is 3.75. The van der Waals surface area contributed by atoms with Crippen LogP contribution in [0, 0.1) is 25.7 Å². The van der Waals surface area contributed by atoms with Gasteiger partial charge in [-0.1, -0.05) is 137 Å². The number of nitrogens with two attached hydrogens (primary N) is 1. The van der Waals surface area contributed by atoms with Crippen molar-refractivity contribution in [1.82, 2.24) is 35.6 Å². The molecule has 5 aromatic carbocycles. The van der Waals surface area contributed by atoms with Gasteiger partial charge < -0.3 is 51.0 Å². The summed E-state index contributed by atoms with van der Waals surface area (Å²) in [5, 5.41) is 33.1. The van der Waals surface area contributed by atoms with Crippen molar-refractivity contribution in [3.8, 4) is 5.75 Å². The van der Waals surface area contributed by atoms with E-state index in [0.717, 1.165) is 34.2 Å². The molecule has 0 aliphatic carbocycles. The maximum atomic E-state index is 13.8. The average molecular weight is 1240 g/mol. The van der Waals surface area contributed by atoms with Gasteiger partial charge in [-0.15, -0.1) is 0 Å². The van der Waals surface area contributed by atoms with Crippen LogP contribution in [0.2, 0.25) is 0 Å². The molecule has 462 valence electrons. The second-order valence-corrected chi connectivity index (χ2v) is 23.4. The summed E-state index contributed by atoms with van der Waals surface area (Å²) in [6.07, 6.45) is -1.23. The Hall–Kier alpha value is -6.02. The maximum absolute atomic E-state index is 13.8. The van der Waals surface area contributed by atoms with Gasteiger partial charge in [0.1, 0.15) is 17.9 Å². The Bertz CT molecular complexity index is 2860. The minimum atomic E-state index is -3.90. The van der Waals surface area contributed by atoms with E-state index in [1.165, 1.54) is 28.6 Å². The molecule has 19 nitrogen and oxygen atoms in total. The Kier molecular flexibility index (Phi) is 31.0. The number of aliphatic hydroxyl groups is 2. The normalized spacial score (nSPS) is 15.8. The Morgan fingerprint density at radius 2 is 1.30 bits per heavy atom. The molecule has 23 heteroatoms. The summed E-state index contributed by atoms with van der Waals surface area (Å²) in [6.45, 7) is 13.5. The summed E-state index contributed by atoms with van der Waals surface area (Å²) in [7, 11) is -3.90. The number of aliphatic hydroxyl groups excluding tert-OH is 2. The van der Waals surface area contributed by atoms with E-state index in [2.05, 4.69) is 21.4 Å². The molecule has 0 unspecified atom stereocenters. The van der Waals surface area contributed by atoms with Crippen LogP contribution >= 0.6 is 40.5 Å². The van der Waals surface area contributed by atoms with E-state index in [-0.39, 0.29) is 107 Å². The van der Waals surface area contributed by atoms with Crippen LogP contribution in [0.3, 0.4) is 0 Å². The molecule has 0 radical (unpaired) electrons. The topological polar surface area (TPSA) is 254 Å². The Labute approximate surface area is 517 Å². The lowest BCUT2D eigenvalue weighted by Crippen LogP contribution is -2.61. The van der Waals surface area contributed by atoms with Crippen LogP contribution in [0.5, 0.6) is 5.75 Å². The van der Waals surface area contributed by atoms with Crippen LogP contribution in [0.25, 0.3) is 0 Å². The summed E-state index contributed by atoms with van der Waals surface area (Å²) in [6, 6.07) is 38.0. The zero-order chi connectivity index (χ0) is 58.5. The van der Waals surface area contributed by atoms with Gasteiger partial charge in [0.15, 0.2) is 6.61 Å². The highest BCUT2D eigenvalue weighted by Crippen LogP contribution is 2.24. The standard InChI is InChI=1S/C36H47N5O5.C25H35N3O6S.3H2S/c1-25(2)33(41-20-12-19-37-36(41)45)35(44)39-40(22-29-17-9-6-10-18-29)23-31(42)30(21-28-15-7-5-8-16-28)38-32(43)24-46-34-26(3)13-11-14-27(34)4;1-18(2)15-28(35(31,32)22-10-8-20(26)9-11-22)16-24(29)23(14-19-6-4-3-5-7-19)27-25(30)34-21-12-13-33-17-21;;;/h5-11,13-18,25,30-31,33,42H,12,19-24H2,1-4H3,(H,37,45)(H,38,43)(H,39,44);3-11,18,21,23-24,29H,12-17,26H2,1-2H3,(H,27,30);3*1H2/t30-,31-,33+;21-,23-,24+;;;/m00.../s1. The zero-order valence-corrected chi connectivity index (χ0v) is 52.7. The molecule has 2 heterocycles. The maximum Gasteiger partial charge on any atom is 0.407 e. The quantitative estimate of drug-likeness (QED) is 0.0231. The van der Waals surface area contributed by atoms with Gasteiger partial charge in [0, 0.05) is 51.4 Å². The zero-order valence-electron chi connectivity index (χ0n) is 48.9. The number of carbonyl (C=O) groups is 4. The lowest BCUT2D eigenvalue weighted by atomic mass is 10.00. The van der Waals surface area contributed by atoms with E-state index >= 15 is 0 Å². The van der Waals surface area contributed by atoms with Crippen molar-refractivity contribution in [2.75, 3.05) is 58.3 Å². The molecule has 0 saturated carbocycles. The Morgan fingerprint density at radius 3 is 1.82 bits per heavy atom. The monoisotopic (exact) mass is 1240 g/mol. The predicted octanol–water partition coefficient (Wildman–Crippen LogP) is 6.49. The van der Waals surface area contributed by atoms with Gasteiger partial charge in [-0.05, 0) is 97.0 Å². The molecular formula is C61H88N8O11S4. The van der Waals surface area contributed by atoms with E-state index in [9.17, 15) is 37.8 Å². The number of hydrogen-bond donors (Lipinski definition) is 7. The molecule has 7 rings (SSSR count). The summed E-state index contributed by atoms with van der Waals surface area (Å²) in [5.74, 6) is -0.164. The summed E-state index contributed by atoms with van der Waals surface area (Å²) < 4.78 is 44.6. The smallest absolute Gasteiger partial charge is 0.407 e. The highest BCUT2D eigenvalue weighted by atomic mass is 32.2. The molecule has 0 spiro atoms. The summed E-state index contributed by atoms with van der Waals surface area (Å²) in [4.78, 5) is 53.9. The fourth-order valence-electron chi connectivity index (χ4n) is 9.71. The number of anilines is 1. The number of amides is 5. The summed E-state index contributed by atoms with van der Waals surface area (Å²) >= 11 is 0. The van der Waals surface area contributed by atoms with E-state index < -0.39 is 46.4 Å². The number of urea groups is 1. The van der Waals surface area contributed by atoms with Crippen molar-refractivity contribution < 1.29 is 52.0 Å². The molecule has 2 aliphatic heterocycles. The van der Waals surface area contributed by atoms with E-state index in [0.29, 0.717) is 63.5 Å². The van der Waals surface area contributed by atoms with Crippen molar-refractivity contribution >= 4 is 80.1 Å². The van der Waals surface area contributed by atoms with Gasteiger partial charge in [-0.3, -0.25) is 15.0 Å². The predicted molar refractivity (Wildman–Crippen MR) is 342 cm³/mol. The first kappa shape index (κ1) is 72.2. The van der Waals surface area contributed by atoms with Crippen molar-refractivity contribution in [3.05, 3.63) is 161 Å². The number of hydrazine groups is 1. The van der Waals surface area contributed by atoms with Crippen molar-refractivity contribution in [3.63, 3.8) is 0 Å². The van der Waals surface area contributed by atoms with E-state index in [1.54, 1.807) is 9.91 Å². The van der Waals surface area contributed by atoms with Crippen molar-refractivity contribution in [1.29, 1.82) is 0 Å². The minimum Gasteiger partial charge on any atom is -0.483 e. The highest BCUT2D eigenvalue weighted by molar-refractivity contribution is 7.89.